The van der Waals surface area contributed by atoms with Crippen LogP contribution in [-0.4, -0.2) is 51.4 Å². The summed E-state index contributed by atoms with van der Waals surface area (Å²) in [6.07, 6.45) is 6.79. The number of anilines is 1. The molecule has 0 atom stereocenters. The van der Waals surface area contributed by atoms with Crippen molar-refractivity contribution in [1.29, 1.82) is 0 Å². The molecule has 0 unspecified atom stereocenters. The number of nitrogens with zero attached hydrogens (tertiary/aromatic N) is 4. The molecule has 1 aliphatic carbocycles. The third-order valence-corrected chi connectivity index (χ3v) is 6.99. The van der Waals surface area contributed by atoms with Gasteiger partial charge in [0.1, 0.15) is 0 Å². The van der Waals surface area contributed by atoms with Crippen LogP contribution < -0.4 is 10.0 Å². The molecule has 0 spiro atoms. The predicted molar refractivity (Wildman–Crippen MR) is 116 cm³/mol. The van der Waals surface area contributed by atoms with Crippen LogP contribution in [0.3, 0.4) is 0 Å². The largest absolute Gasteiger partial charge is 0.351 e. The number of pyridine rings is 1. The molecular weight excluding hydrogens is 402 g/mol. The molecule has 0 saturated heterocycles. The fourth-order valence-corrected chi connectivity index (χ4v) is 5.58. The molecule has 4 rings (SSSR count). The van der Waals surface area contributed by atoms with Crippen LogP contribution in [0.15, 0.2) is 30.6 Å². The van der Waals surface area contributed by atoms with Crippen molar-refractivity contribution in [2.45, 2.75) is 51.6 Å². The second-order valence-electron chi connectivity index (χ2n) is 8.23. The van der Waals surface area contributed by atoms with Gasteiger partial charge in [0.15, 0.2) is 5.65 Å². The molecule has 0 aromatic carbocycles. The van der Waals surface area contributed by atoms with Crippen molar-refractivity contribution in [3.8, 4) is 11.4 Å². The Labute approximate surface area is 176 Å². The van der Waals surface area contributed by atoms with Gasteiger partial charge in [0.25, 0.3) is 0 Å². The van der Waals surface area contributed by atoms with E-state index in [-0.39, 0.29) is 23.8 Å². The Morgan fingerprint density at radius 2 is 1.90 bits per heavy atom. The minimum absolute atomic E-state index is 0.00229. The first-order valence-corrected chi connectivity index (χ1v) is 11.9. The van der Waals surface area contributed by atoms with E-state index in [0.717, 1.165) is 42.5 Å². The number of nitrogens with one attached hydrogen (secondary N) is 3. The van der Waals surface area contributed by atoms with E-state index < -0.39 is 10.0 Å². The summed E-state index contributed by atoms with van der Waals surface area (Å²) in [5.41, 5.74) is 2.18. The Balaban J connectivity index is 1.37. The summed E-state index contributed by atoms with van der Waals surface area (Å²) in [6, 6.07) is 5.91. The Kier molecular flexibility index (Phi) is 5.96. The van der Waals surface area contributed by atoms with Crippen LogP contribution in [0, 0.1) is 5.92 Å². The van der Waals surface area contributed by atoms with Gasteiger partial charge in [-0.1, -0.05) is 19.9 Å². The van der Waals surface area contributed by atoms with Crippen molar-refractivity contribution in [2.24, 2.45) is 5.92 Å². The molecule has 3 N–H and O–H groups in total. The highest BCUT2D eigenvalue weighted by Gasteiger charge is 2.25. The summed E-state index contributed by atoms with van der Waals surface area (Å²) in [5, 5.41) is 11.5. The van der Waals surface area contributed by atoms with E-state index in [1.54, 1.807) is 12.4 Å². The highest BCUT2D eigenvalue weighted by Crippen LogP contribution is 2.25. The van der Waals surface area contributed by atoms with Gasteiger partial charge in [-0.3, -0.25) is 10.1 Å². The minimum Gasteiger partial charge on any atom is -0.351 e. The number of fused-ring (bicyclic) bond motifs is 1. The Bertz CT molecular complexity index is 1090. The standard InChI is InChI=1S/C20H27N7O2S/c1-13(2)12-30(28,29)27-15-8-6-14(7-9-15)23-20-22-11-16-18(25-26-19(16)24-20)17-5-3-4-10-21-17/h3-5,10-11,13-15,27H,6-9,12H2,1-2H3,(H2,22,23,24,25,26). The second kappa shape index (κ2) is 8.65. The summed E-state index contributed by atoms with van der Waals surface area (Å²) in [7, 11) is -3.21. The number of sulfonamides is 1. The van der Waals surface area contributed by atoms with Gasteiger partial charge in [0.2, 0.25) is 16.0 Å². The van der Waals surface area contributed by atoms with Crippen LogP contribution >= 0.6 is 0 Å². The van der Waals surface area contributed by atoms with Crippen LogP contribution in [-0.2, 0) is 10.0 Å². The average molecular weight is 430 g/mol. The predicted octanol–water partition coefficient (Wildman–Crippen LogP) is 2.71. The first kappa shape index (κ1) is 20.7. The summed E-state index contributed by atoms with van der Waals surface area (Å²) < 4.78 is 27.1. The SMILES string of the molecule is CC(C)CS(=O)(=O)NC1CCC(Nc2ncc3c(-c4ccccn4)[nH]nc3n2)CC1. The topological polar surface area (TPSA) is 126 Å². The lowest BCUT2D eigenvalue weighted by Gasteiger charge is -2.29. The molecule has 1 aliphatic rings. The monoisotopic (exact) mass is 429 g/mol. The minimum atomic E-state index is -3.21. The molecular formula is C20H27N7O2S. The third kappa shape index (κ3) is 4.93. The molecule has 3 aromatic rings. The molecule has 1 fully saturated rings. The van der Waals surface area contributed by atoms with Crippen LogP contribution in [0.25, 0.3) is 22.4 Å². The zero-order valence-corrected chi connectivity index (χ0v) is 18.0. The first-order chi connectivity index (χ1) is 14.4. The van der Waals surface area contributed by atoms with Gasteiger partial charge < -0.3 is 5.32 Å². The van der Waals surface area contributed by atoms with Crippen LogP contribution in [0.4, 0.5) is 5.95 Å². The molecule has 0 bridgehead atoms. The molecule has 0 amide bonds. The van der Waals surface area contributed by atoms with Gasteiger partial charge in [-0.25, -0.2) is 18.1 Å². The Morgan fingerprint density at radius 1 is 1.13 bits per heavy atom. The molecule has 9 nitrogen and oxygen atoms in total. The molecule has 3 heterocycles. The number of aromatic nitrogens is 5. The van der Waals surface area contributed by atoms with Gasteiger partial charge in [0, 0.05) is 24.5 Å². The Hall–Kier alpha value is -2.59. The van der Waals surface area contributed by atoms with Crippen LogP contribution in [0.5, 0.6) is 0 Å². The maximum absolute atomic E-state index is 12.1. The van der Waals surface area contributed by atoms with E-state index in [9.17, 15) is 8.42 Å². The van der Waals surface area contributed by atoms with Gasteiger partial charge in [0.05, 0.1) is 22.5 Å². The molecule has 0 aliphatic heterocycles. The molecule has 3 aromatic heterocycles. The average Bonchev–Trinajstić information content (AvgIpc) is 3.12. The van der Waals surface area contributed by atoms with E-state index in [2.05, 4.69) is 35.2 Å². The molecule has 160 valence electrons. The van der Waals surface area contributed by atoms with Crippen molar-refractivity contribution < 1.29 is 8.42 Å². The van der Waals surface area contributed by atoms with Gasteiger partial charge in [-0.15, -0.1) is 0 Å². The fourth-order valence-electron chi connectivity index (χ4n) is 3.86. The van der Waals surface area contributed by atoms with Crippen LogP contribution in [0.1, 0.15) is 39.5 Å². The van der Waals surface area contributed by atoms with Crippen molar-refractivity contribution >= 4 is 27.0 Å². The molecule has 30 heavy (non-hydrogen) atoms. The number of H-pyrrole nitrogens is 1. The number of aromatic amines is 1. The summed E-state index contributed by atoms with van der Waals surface area (Å²) in [6.45, 7) is 3.82. The zero-order chi connectivity index (χ0) is 21.1. The van der Waals surface area contributed by atoms with Crippen molar-refractivity contribution in [3.05, 3.63) is 30.6 Å². The highest BCUT2D eigenvalue weighted by molar-refractivity contribution is 7.89. The van der Waals surface area contributed by atoms with Crippen molar-refractivity contribution in [2.75, 3.05) is 11.1 Å². The lowest BCUT2D eigenvalue weighted by molar-refractivity contribution is 0.385. The van der Waals surface area contributed by atoms with Crippen molar-refractivity contribution in [3.63, 3.8) is 0 Å². The van der Waals surface area contributed by atoms with E-state index >= 15 is 0 Å². The smallest absolute Gasteiger partial charge is 0.224 e. The molecule has 10 heteroatoms. The van der Waals surface area contributed by atoms with E-state index in [0.29, 0.717) is 11.6 Å². The van der Waals surface area contributed by atoms with Gasteiger partial charge in [-0.2, -0.15) is 10.1 Å². The molecule has 0 radical (unpaired) electrons. The van der Waals surface area contributed by atoms with E-state index in [1.165, 1.54) is 0 Å². The summed E-state index contributed by atoms with van der Waals surface area (Å²) in [5.74, 6) is 0.821. The maximum atomic E-state index is 12.1. The lowest BCUT2D eigenvalue weighted by atomic mass is 9.92. The number of rotatable bonds is 7. The fraction of sp³-hybridized carbons (Fsp3) is 0.500. The summed E-state index contributed by atoms with van der Waals surface area (Å²) in [4.78, 5) is 13.3. The lowest BCUT2D eigenvalue weighted by Crippen LogP contribution is -2.41. The quantitative estimate of drug-likeness (QED) is 0.527. The normalized spacial score (nSPS) is 20.0. The van der Waals surface area contributed by atoms with E-state index in [4.69, 9.17) is 0 Å². The van der Waals surface area contributed by atoms with Gasteiger partial charge in [-0.05, 0) is 43.7 Å². The second-order valence-corrected chi connectivity index (χ2v) is 10.0. The van der Waals surface area contributed by atoms with Gasteiger partial charge >= 0.3 is 0 Å². The molecule has 1 saturated carbocycles. The summed E-state index contributed by atoms with van der Waals surface area (Å²) >= 11 is 0. The van der Waals surface area contributed by atoms with E-state index in [1.807, 2.05) is 32.0 Å². The maximum Gasteiger partial charge on any atom is 0.224 e. The third-order valence-electron chi connectivity index (χ3n) is 5.19. The zero-order valence-electron chi connectivity index (χ0n) is 17.2. The number of hydrogen-bond donors (Lipinski definition) is 3. The first-order valence-electron chi connectivity index (χ1n) is 10.3. The van der Waals surface area contributed by atoms with Crippen LogP contribution in [0.2, 0.25) is 0 Å². The highest BCUT2D eigenvalue weighted by atomic mass is 32.2. The Morgan fingerprint density at radius 3 is 2.60 bits per heavy atom. The number of hydrogen-bond acceptors (Lipinski definition) is 7. The van der Waals surface area contributed by atoms with Crippen molar-refractivity contribution in [1.82, 2.24) is 29.9 Å².